The fourth-order valence-corrected chi connectivity index (χ4v) is 2.13. The number of aryl methyl sites for hydroxylation is 3. The predicted octanol–water partition coefficient (Wildman–Crippen LogP) is 2.35. The Morgan fingerprint density at radius 3 is 2.40 bits per heavy atom. The molecule has 20 heavy (non-hydrogen) atoms. The Bertz CT molecular complexity index is 687. The van der Waals surface area contributed by atoms with Gasteiger partial charge in [-0.05, 0) is 37.5 Å². The van der Waals surface area contributed by atoms with E-state index >= 15 is 0 Å². The summed E-state index contributed by atoms with van der Waals surface area (Å²) in [6, 6.07) is 6.30. The topological polar surface area (TPSA) is 49.0 Å². The molecule has 0 fully saturated rings. The first kappa shape index (κ1) is 14.3. The maximum absolute atomic E-state index is 12.2. The first-order valence-corrected chi connectivity index (χ1v) is 6.71. The molecule has 0 saturated heterocycles. The van der Waals surface area contributed by atoms with E-state index in [9.17, 15) is 4.79 Å². The van der Waals surface area contributed by atoms with Crippen molar-refractivity contribution < 1.29 is 0 Å². The lowest BCUT2D eigenvalue weighted by Crippen LogP contribution is -2.23. The zero-order valence-electron chi connectivity index (χ0n) is 12.7. The van der Waals surface area contributed by atoms with Gasteiger partial charge in [-0.1, -0.05) is 18.2 Å². The van der Waals surface area contributed by atoms with Crippen LogP contribution in [0.4, 0.5) is 5.95 Å². The highest BCUT2D eigenvalue weighted by Gasteiger charge is 2.10. The molecule has 1 aromatic heterocycles. The molecule has 0 bridgehead atoms. The molecule has 0 aliphatic rings. The largest absolute Gasteiger partial charge is 0.348 e. The second-order valence-corrected chi connectivity index (χ2v) is 5.44. The van der Waals surface area contributed by atoms with Crippen molar-refractivity contribution >= 4 is 5.95 Å². The van der Waals surface area contributed by atoms with E-state index in [0.29, 0.717) is 12.4 Å². The molecule has 0 aliphatic heterocycles. The maximum Gasteiger partial charge on any atom is 0.256 e. The highest BCUT2D eigenvalue weighted by atomic mass is 16.1. The van der Waals surface area contributed by atoms with Crippen molar-refractivity contribution in [3.8, 4) is 0 Å². The van der Waals surface area contributed by atoms with Crippen molar-refractivity contribution in [2.24, 2.45) is 0 Å². The van der Waals surface area contributed by atoms with Crippen molar-refractivity contribution in [2.75, 3.05) is 19.0 Å². The molecule has 1 heterocycles. The highest BCUT2D eigenvalue weighted by Crippen LogP contribution is 2.14. The highest BCUT2D eigenvalue weighted by molar-refractivity contribution is 5.36. The molecule has 1 aromatic carbocycles. The van der Waals surface area contributed by atoms with Crippen LogP contribution in [0.1, 0.15) is 27.9 Å². The summed E-state index contributed by atoms with van der Waals surface area (Å²) in [5.41, 5.74) is 5.12. The number of hydrogen-bond acceptors (Lipinski definition) is 3. The third-order valence-electron chi connectivity index (χ3n) is 3.59. The second kappa shape index (κ2) is 5.49. The molecule has 4 heteroatoms. The quantitative estimate of drug-likeness (QED) is 0.932. The number of aromatic nitrogens is 2. The zero-order chi connectivity index (χ0) is 14.9. The fourth-order valence-electron chi connectivity index (χ4n) is 2.13. The third kappa shape index (κ3) is 2.90. The number of aromatic amines is 1. The van der Waals surface area contributed by atoms with Crippen LogP contribution in [0.15, 0.2) is 23.0 Å². The molecule has 2 rings (SSSR count). The van der Waals surface area contributed by atoms with E-state index in [1.165, 1.54) is 11.1 Å². The molecule has 4 nitrogen and oxygen atoms in total. The van der Waals surface area contributed by atoms with Gasteiger partial charge in [0.15, 0.2) is 0 Å². The summed E-state index contributed by atoms with van der Waals surface area (Å²) in [5, 5.41) is 0. The van der Waals surface area contributed by atoms with Crippen LogP contribution in [-0.2, 0) is 6.42 Å². The van der Waals surface area contributed by atoms with Crippen molar-refractivity contribution in [3.05, 3.63) is 56.5 Å². The van der Waals surface area contributed by atoms with Gasteiger partial charge in [-0.15, -0.1) is 0 Å². The minimum atomic E-state index is -0.0561. The Morgan fingerprint density at radius 1 is 1.15 bits per heavy atom. The third-order valence-corrected chi connectivity index (χ3v) is 3.59. The summed E-state index contributed by atoms with van der Waals surface area (Å²) < 4.78 is 0. The monoisotopic (exact) mass is 271 g/mol. The second-order valence-electron chi connectivity index (χ2n) is 5.44. The average molecular weight is 271 g/mol. The van der Waals surface area contributed by atoms with Crippen LogP contribution in [0.3, 0.4) is 0 Å². The molecular formula is C16H21N3O. The first-order valence-electron chi connectivity index (χ1n) is 6.71. The molecule has 0 amide bonds. The van der Waals surface area contributed by atoms with Crippen LogP contribution in [0.2, 0.25) is 0 Å². The minimum absolute atomic E-state index is 0.0561. The molecule has 0 unspecified atom stereocenters. The predicted molar refractivity (Wildman–Crippen MR) is 82.6 cm³/mol. The Hall–Kier alpha value is -2.10. The number of anilines is 1. The van der Waals surface area contributed by atoms with E-state index < -0.39 is 0 Å². The fraction of sp³-hybridized carbons (Fsp3) is 0.375. The standard InChI is InChI=1S/C16H21N3O/c1-10-6-7-13(8-11(10)2)9-14-12(3)17-16(19(4)5)18-15(14)20/h6-8H,9H2,1-5H3,(H,17,18,20). The van der Waals surface area contributed by atoms with Gasteiger partial charge >= 0.3 is 0 Å². The Labute approximate surface area is 119 Å². The van der Waals surface area contributed by atoms with Crippen molar-refractivity contribution in [3.63, 3.8) is 0 Å². The van der Waals surface area contributed by atoms with E-state index in [2.05, 4.69) is 42.0 Å². The summed E-state index contributed by atoms with van der Waals surface area (Å²) >= 11 is 0. The first-order chi connectivity index (χ1) is 9.38. The summed E-state index contributed by atoms with van der Waals surface area (Å²) in [6.45, 7) is 6.06. The molecule has 106 valence electrons. The van der Waals surface area contributed by atoms with Gasteiger partial charge < -0.3 is 4.90 Å². The van der Waals surface area contributed by atoms with Crippen LogP contribution < -0.4 is 10.5 Å². The van der Waals surface area contributed by atoms with E-state index in [4.69, 9.17) is 0 Å². The smallest absolute Gasteiger partial charge is 0.256 e. The number of nitrogens with one attached hydrogen (secondary N) is 1. The van der Waals surface area contributed by atoms with Gasteiger partial charge in [0.2, 0.25) is 5.95 Å². The average Bonchev–Trinajstić information content (AvgIpc) is 2.37. The van der Waals surface area contributed by atoms with Crippen molar-refractivity contribution in [2.45, 2.75) is 27.2 Å². The molecule has 0 aliphatic carbocycles. The number of rotatable bonds is 3. The Morgan fingerprint density at radius 2 is 1.85 bits per heavy atom. The molecule has 2 aromatic rings. The maximum atomic E-state index is 12.2. The van der Waals surface area contributed by atoms with Gasteiger partial charge in [0.05, 0.1) is 5.69 Å². The molecule has 0 spiro atoms. The van der Waals surface area contributed by atoms with E-state index in [1.807, 2.05) is 21.0 Å². The Balaban J connectivity index is 2.39. The van der Waals surface area contributed by atoms with Gasteiger partial charge in [0.25, 0.3) is 5.56 Å². The Kier molecular flexibility index (Phi) is 3.93. The van der Waals surface area contributed by atoms with Crippen LogP contribution >= 0.6 is 0 Å². The lowest BCUT2D eigenvalue weighted by atomic mass is 10.0. The van der Waals surface area contributed by atoms with Crippen molar-refractivity contribution in [1.29, 1.82) is 0 Å². The van der Waals surface area contributed by atoms with Gasteiger partial charge in [-0.3, -0.25) is 9.78 Å². The number of benzene rings is 1. The molecule has 1 N–H and O–H groups in total. The van der Waals surface area contributed by atoms with Crippen LogP contribution in [0.5, 0.6) is 0 Å². The lowest BCUT2D eigenvalue weighted by molar-refractivity contribution is 0.922. The molecular weight excluding hydrogens is 250 g/mol. The lowest BCUT2D eigenvalue weighted by Gasteiger charge is -2.13. The van der Waals surface area contributed by atoms with E-state index in [-0.39, 0.29) is 5.56 Å². The number of H-pyrrole nitrogens is 1. The SMILES string of the molecule is Cc1ccc(Cc2c(C)nc(N(C)C)[nH]c2=O)cc1C. The van der Waals surface area contributed by atoms with Gasteiger partial charge in [-0.2, -0.15) is 0 Å². The summed E-state index contributed by atoms with van der Waals surface area (Å²) in [5.74, 6) is 0.594. The number of hydrogen-bond donors (Lipinski definition) is 1. The zero-order valence-corrected chi connectivity index (χ0v) is 12.7. The summed E-state index contributed by atoms with van der Waals surface area (Å²) in [4.78, 5) is 21.3. The van der Waals surface area contributed by atoms with Crippen molar-refractivity contribution in [1.82, 2.24) is 9.97 Å². The molecule has 0 saturated carbocycles. The van der Waals surface area contributed by atoms with E-state index in [0.717, 1.165) is 16.8 Å². The normalized spacial score (nSPS) is 10.7. The van der Waals surface area contributed by atoms with E-state index in [1.54, 1.807) is 4.90 Å². The number of nitrogens with zero attached hydrogens (tertiary/aromatic N) is 2. The van der Waals surface area contributed by atoms with Gasteiger partial charge in [-0.25, -0.2) is 4.98 Å². The minimum Gasteiger partial charge on any atom is -0.348 e. The molecule has 0 radical (unpaired) electrons. The molecule has 0 atom stereocenters. The van der Waals surface area contributed by atoms with Gasteiger partial charge in [0, 0.05) is 26.1 Å². The summed E-state index contributed by atoms with van der Waals surface area (Å²) in [6.07, 6.45) is 0.614. The van der Waals surface area contributed by atoms with Crippen LogP contribution in [0.25, 0.3) is 0 Å². The van der Waals surface area contributed by atoms with Gasteiger partial charge in [0.1, 0.15) is 0 Å². The van der Waals surface area contributed by atoms with Crippen LogP contribution in [-0.4, -0.2) is 24.1 Å². The summed E-state index contributed by atoms with van der Waals surface area (Å²) in [7, 11) is 3.72. The van der Waals surface area contributed by atoms with Crippen LogP contribution in [0, 0.1) is 20.8 Å².